The van der Waals surface area contributed by atoms with Crippen molar-refractivity contribution in [1.29, 1.82) is 0 Å². The highest BCUT2D eigenvalue weighted by molar-refractivity contribution is 7.81. The fourth-order valence-electron chi connectivity index (χ4n) is 0.832. The van der Waals surface area contributed by atoms with Gasteiger partial charge in [-0.15, -0.1) is 0 Å². The van der Waals surface area contributed by atoms with Gasteiger partial charge >= 0.3 is 0 Å². The third-order valence-electron chi connectivity index (χ3n) is 1.83. The number of thiol groups is 1. The summed E-state index contributed by atoms with van der Waals surface area (Å²) in [6.45, 7) is 4.22. The van der Waals surface area contributed by atoms with Gasteiger partial charge in [0.2, 0.25) is 11.8 Å². The molecule has 0 bridgehead atoms. The van der Waals surface area contributed by atoms with E-state index in [0.29, 0.717) is 13.0 Å². The van der Waals surface area contributed by atoms with E-state index in [0.717, 1.165) is 0 Å². The van der Waals surface area contributed by atoms with Crippen LogP contribution in [0.15, 0.2) is 0 Å². The van der Waals surface area contributed by atoms with E-state index in [2.05, 4.69) is 23.3 Å². The molecule has 0 aromatic carbocycles. The number of hydrogen-bond donors (Lipinski definition) is 3. The predicted octanol–water partition coefficient (Wildman–Crippen LogP) is 0.193. The van der Waals surface area contributed by atoms with Crippen LogP contribution in [-0.4, -0.2) is 30.7 Å². The molecule has 0 saturated carbocycles. The topological polar surface area (TPSA) is 58.2 Å². The van der Waals surface area contributed by atoms with E-state index >= 15 is 0 Å². The second-order valence-electron chi connectivity index (χ2n) is 3.40. The molecule has 0 radical (unpaired) electrons. The highest BCUT2D eigenvalue weighted by atomic mass is 32.1. The van der Waals surface area contributed by atoms with Crippen molar-refractivity contribution >= 4 is 24.4 Å². The van der Waals surface area contributed by atoms with Crippen molar-refractivity contribution in [2.75, 3.05) is 13.6 Å². The summed E-state index contributed by atoms with van der Waals surface area (Å²) in [7, 11) is 1.57. The van der Waals surface area contributed by atoms with Crippen LogP contribution in [0, 0.1) is 5.92 Å². The monoisotopic (exact) mass is 218 g/mol. The molecular formula is C9H18N2O2S. The molecule has 0 saturated heterocycles. The van der Waals surface area contributed by atoms with Crippen LogP contribution in [0.25, 0.3) is 0 Å². The Bertz CT molecular complexity index is 207. The molecule has 0 aliphatic rings. The molecule has 0 spiro atoms. The smallest absolute Gasteiger partial charge is 0.233 e. The Balaban J connectivity index is 3.69. The molecule has 0 aliphatic heterocycles. The van der Waals surface area contributed by atoms with E-state index in [4.69, 9.17) is 0 Å². The van der Waals surface area contributed by atoms with Gasteiger partial charge in [0.25, 0.3) is 0 Å². The van der Waals surface area contributed by atoms with E-state index in [9.17, 15) is 9.59 Å². The maximum atomic E-state index is 11.3. The first kappa shape index (κ1) is 13.3. The molecule has 0 aromatic heterocycles. The van der Waals surface area contributed by atoms with E-state index in [-0.39, 0.29) is 23.0 Å². The lowest BCUT2D eigenvalue weighted by molar-refractivity contribution is -0.122. The first-order valence-electron chi connectivity index (χ1n) is 4.65. The number of rotatable bonds is 5. The quantitative estimate of drug-likeness (QED) is 0.577. The first-order valence-corrected chi connectivity index (χ1v) is 5.17. The molecule has 0 heterocycles. The van der Waals surface area contributed by atoms with Crippen LogP contribution in [-0.2, 0) is 9.59 Å². The zero-order valence-corrected chi connectivity index (χ0v) is 9.73. The minimum atomic E-state index is -0.306. The van der Waals surface area contributed by atoms with Gasteiger partial charge in [-0.25, -0.2) is 0 Å². The Morgan fingerprint density at radius 2 is 1.93 bits per heavy atom. The molecule has 0 rings (SSSR count). The van der Waals surface area contributed by atoms with Crippen LogP contribution in [0.2, 0.25) is 0 Å². The van der Waals surface area contributed by atoms with Gasteiger partial charge in [-0.1, -0.05) is 13.8 Å². The number of nitrogens with one attached hydrogen (secondary N) is 2. The van der Waals surface area contributed by atoms with Crippen molar-refractivity contribution < 1.29 is 9.59 Å². The highest BCUT2D eigenvalue weighted by Crippen LogP contribution is 2.08. The summed E-state index contributed by atoms with van der Waals surface area (Å²) >= 11 is 4.15. The van der Waals surface area contributed by atoms with Gasteiger partial charge in [0, 0.05) is 20.0 Å². The summed E-state index contributed by atoms with van der Waals surface area (Å²) in [4.78, 5) is 22.2. The van der Waals surface area contributed by atoms with Crippen LogP contribution in [0.4, 0.5) is 0 Å². The first-order chi connectivity index (χ1) is 6.49. The number of amides is 2. The Labute approximate surface area is 90.2 Å². The Morgan fingerprint density at radius 3 is 2.36 bits per heavy atom. The van der Waals surface area contributed by atoms with Crippen LogP contribution in [0.3, 0.4) is 0 Å². The van der Waals surface area contributed by atoms with Gasteiger partial charge in [-0.2, -0.15) is 12.6 Å². The predicted molar refractivity (Wildman–Crippen MR) is 59.3 cm³/mol. The average molecular weight is 218 g/mol. The lowest BCUT2D eigenvalue weighted by Crippen LogP contribution is -2.36. The van der Waals surface area contributed by atoms with E-state index < -0.39 is 0 Å². The molecule has 0 aromatic rings. The second kappa shape index (κ2) is 6.70. The van der Waals surface area contributed by atoms with E-state index in [1.807, 2.05) is 13.8 Å². The molecule has 1 atom stereocenters. The van der Waals surface area contributed by atoms with Gasteiger partial charge in [0.1, 0.15) is 0 Å². The third kappa shape index (κ3) is 5.11. The SMILES string of the molecule is CNC(=O)CCNC(=O)C(S)C(C)C. The molecule has 82 valence electrons. The van der Waals surface area contributed by atoms with Crippen LogP contribution < -0.4 is 10.6 Å². The van der Waals surface area contributed by atoms with Crippen LogP contribution in [0.5, 0.6) is 0 Å². The van der Waals surface area contributed by atoms with Gasteiger partial charge in [-0.05, 0) is 5.92 Å². The zero-order valence-electron chi connectivity index (χ0n) is 8.83. The molecule has 0 fully saturated rings. The summed E-state index contributed by atoms with van der Waals surface area (Å²) < 4.78 is 0. The number of carbonyl (C=O) groups excluding carboxylic acids is 2. The molecule has 2 N–H and O–H groups in total. The maximum absolute atomic E-state index is 11.3. The largest absolute Gasteiger partial charge is 0.359 e. The maximum Gasteiger partial charge on any atom is 0.233 e. The van der Waals surface area contributed by atoms with Crippen molar-refractivity contribution in [3.63, 3.8) is 0 Å². The van der Waals surface area contributed by atoms with Crippen LogP contribution >= 0.6 is 12.6 Å². The van der Waals surface area contributed by atoms with Crippen molar-refractivity contribution in [2.24, 2.45) is 5.92 Å². The van der Waals surface area contributed by atoms with Crippen molar-refractivity contribution in [2.45, 2.75) is 25.5 Å². The molecule has 2 amide bonds. The van der Waals surface area contributed by atoms with Gasteiger partial charge in [-0.3, -0.25) is 9.59 Å². The van der Waals surface area contributed by atoms with Crippen LogP contribution in [0.1, 0.15) is 20.3 Å². The molecule has 1 unspecified atom stereocenters. The summed E-state index contributed by atoms with van der Waals surface area (Å²) in [5.41, 5.74) is 0. The summed E-state index contributed by atoms with van der Waals surface area (Å²) in [6, 6.07) is 0. The number of hydrogen-bond acceptors (Lipinski definition) is 3. The van der Waals surface area contributed by atoms with Crippen molar-refractivity contribution in [3.05, 3.63) is 0 Å². The normalized spacial score (nSPS) is 12.4. The average Bonchev–Trinajstić information content (AvgIpc) is 2.15. The summed E-state index contributed by atoms with van der Waals surface area (Å²) in [5, 5.41) is 4.83. The molecule has 4 nitrogen and oxygen atoms in total. The Kier molecular flexibility index (Phi) is 6.36. The fourth-order valence-corrected chi connectivity index (χ4v) is 0.923. The molecule has 0 aliphatic carbocycles. The second-order valence-corrected chi connectivity index (χ2v) is 3.96. The highest BCUT2D eigenvalue weighted by Gasteiger charge is 2.16. The van der Waals surface area contributed by atoms with E-state index in [1.54, 1.807) is 7.05 Å². The minimum Gasteiger partial charge on any atom is -0.359 e. The summed E-state index contributed by atoms with van der Waals surface area (Å²) in [5.74, 6) is -0.00358. The van der Waals surface area contributed by atoms with Gasteiger partial charge < -0.3 is 10.6 Å². The lowest BCUT2D eigenvalue weighted by Gasteiger charge is -2.14. The molecular weight excluding hydrogens is 200 g/mol. The molecule has 14 heavy (non-hydrogen) atoms. The molecule has 5 heteroatoms. The summed E-state index contributed by atoms with van der Waals surface area (Å²) in [6.07, 6.45) is 0.306. The fraction of sp³-hybridized carbons (Fsp3) is 0.778. The third-order valence-corrected chi connectivity index (χ3v) is 2.66. The minimum absolute atomic E-state index is 0.0782. The van der Waals surface area contributed by atoms with E-state index in [1.165, 1.54) is 0 Å². The standard InChI is InChI=1S/C9H18N2O2S/c1-6(2)8(14)9(13)11-5-4-7(12)10-3/h6,8,14H,4-5H2,1-3H3,(H,10,12)(H,11,13). The van der Waals surface area contributed by atoms with Gasteiger partial charge in [0.05, 0.1) is 5.25 Å². The van der Waals surface area contributed by atoms with Crippen molar-refractivity contribution in [1.82, 2.24) is 10.6 Å². The Morgan fingerprint density at radius 1 is 1.36 bits per heavy atom. The zero-order chi connectivity index (χ0) is 11.1. The Hall–Kier alpha value is -0.710. The van der Waals surface area contributed by atoms with Crippen molar-refractivity contribution in [3.8, 4) is 0 Å². The van der Waals surface area contributed by atoms with Gasteiger partial charge in [0.15, 0.2) is 0 Å². The number of carbonyl (C=O) groups is 2. The lowest BCUT2D eigenvalue weighted by atomic mass is 10.1.